The molecule has 2 aromatic carbocycles. The third-order valence-corrected chi connectivity index (χ3v) is 5.02. The number of pyridine rings is 1. The number of ether oxygens (including phenoxy) is 1. The fourth-order valence-corrected chi connectivity index (χ4v) is 3.24. The third-order valence-electron chi connectivity index (χ3n) is 4.76. The zero-order valence-corrected chi connectivity index (χ0v) is 18.7. The first kappa shape index (κ1) is 22.7. The van der Waals surface area contributed by atoms with Crippen molar-refractivity contribution >= 4 is 34.2 Å². The number of anilines is 1. The number of halogens is 1. The van der Waals surface area contributed by atoms with Crippen molar-refractivity contribution in [1.29, 1.82) is 0 Å². The van der Waals surface area contributed by atoms with Crippen molar-refractivity contribution in [3.05, 3.63) is 69.5 Å². The Balaban J connectivity index is 1.85. The molecule has 0 radical (unpaired) electrons. The van der Waals surface area contributed by atoms with E-state index in [9.17, 15) is 9.59 Å². The van der Waals surface area contributed by atoms with Gasteiger partial charge in [0.1, 0.15) is 5.75 Å². The number of carbonyl (C=O) groups is 1. The second-order valence-corrected chi connectivity index (χ2v) is 7.90. The maximum absolute atomic E-state index is 13.0. The van der Waals surface area contributed by atoms with Gasteiger partial charge in [-0.25, -0.2) is 4.79 Å². The molecule has 0 saturated carbocycles. The van der Waals surface area contributed by atoms with Crippen LogP contribution in [0.3, 0.4) is 0 Å². The number of likely N-dealkylation sites (N-methyl/N-ethyl adjacent to an activating group) is 1. The van der Waals surface area contributed by atoms with E-state index in [0.29, 0.717) is 36.0 Å². The number of aromatic nitrogens is 1. The average molecular weight is 443 g/mol. The summed E-state index contributed by atoms with van der Waals surface area (Å²) in [5.41, 5.74) is 1.65. The molecule has 3 aromatic rings. The average Bonchev–Trinajstić information content (AvgIpc) is 2.73. The lowest BCUT2D eigenvalue weighted by atomic mass is 10.1. The Morgan fingerprint density at radius 2 is 1.84 bits per heavy atom. The Hall–Kier alpha value is -3.03. The number of nitrogens with zero attached hydrogens (tertiary/aromatic N) is 2. The molecule has 31 heavy (non-hydrogen) atoms. The van der Waals surface area contributed by atoms with E-state index in [1.165, 1.54) is 0 Å². The molecule has 0 fully saturated rings. The van der Waals surface area contributed by atoms with Crippen LogP contribution < -0.4 is 15.6 Å². The minimum Gasteiger partial charge on any atom is -0.494 e. The molecule has 0 aliphatic heterocycles. The summed E-state index contributed by atoms with van der Waals surface area (Å²) in [6, 6.07) is 14.0. The zero-order valence-electron chi connectivity index (χ0n) is 17.9. The van der Waals surface area contributed by atoms with Gasteiger partial charge in [-0.3, -0.25) is 4.79 Å². The molecule has 0 bridgehead atoms. The van der Waals surface area contributed by atoms with Crippen LogP contribution in [0.15, 0.2) is 53.3 Å². The third kappa shape index (κ3) is 6.23. The molecule has 2 N–H and O–H groups in total. The minimum absolute atomic E-state index is 0.178. The van der Waals surface area contributed by atoms with Crippen LogP contribution >= 0.6 is 11.6 Å². The largest absolute Gasteiger partial charge is 0.494 e. The molecule has 0 unspecified atom stereocenters. The SMILES string of the molecule is CCOc1ccc2[nH]c(=O)c(CN(CCN(C)C)C(=O)Nc3ccc(Cl)cc3)cc2c1. The molecule has 164 valence electrons. The molecule has 1 aromatic heterocycles. The Morgan fingerprint density at radius 3 is 2.52 bits per heavy atom. The molecular formula is C23H27ClN4O3. The van der Waals surface area contributed by atoms with E-state index >= 15 is 0 Å². The Bertz CT molecular complexity index is 1100. The molecule has 0 aliphatic rings. The highest BCUT2D eigenvalue weighted by Crippen LogP contribution is 2.20. The Morgan fingerprint density at radius 1 is 1.10 bits per heavy atom. The van der Waals surface area contributed by atoms with Crippen LogP contribution in [0.2, 0.25) is 5.02 Å². The molecule has 1 heterocycles. The van der Waals surface area contributed by atoms with E-state index < -0.39 is 0 Å². The van der Waals surface area contributed by atoms with Crippen LogP contribution in [0.5, 0.6) is 5.75 Å². The minimum atomic E-state index is -0.285. The molecule has 8 heteroatoms. The summed E-state index contributed by atoms with van der Waals surface area (Å²) in [5, 5.41) is 4.32. The summed E-state index contributed by atoms with van der Waals surface area (Å²) < 4.78 is 5.56. The van der Waals surface area contributed by atoms with Crippen molar-refractivity contribution in [3.8, 4) is 5.75 Å². The van der Waals surface area contributed by atoms with E-state index in [0.717, 1.165) is 16.7 Å². The van der Waals surface area contributed by atoms with Gasteiger partial charge in [-0.2, -0.15) is 0 Å². The van der Waals surface area contributed by atoms with E-state index in [2.05, 4.69) is 10.3 Å². The summed E-state index contributed by atoms with van der Waals surface area (Å²) in [7, 11) is 3.88. The smallest absolute Gasteiger partial charge is 0.322 e. The molecule has 2 amide bonds. The number of hydrogen-bond acceptors (Lipinski definition) is 4. The summed E-state index contributed by atoms with van der Waals surface area (Å²) in [5.74, 6) is 0.734. The lowest BCUT2D eigenvalue weighted by Gasteiger charge is -2.24. The number of amides is 2. The van der Waals surface area contributed by atoms with E-state index in [4.69, 9.17) is 16.3 Å². The van der Waals surface area contributed by atoms with Crippen molar-refractivity contribution in [2.24, 2.45) is 0 Å². The van der Waals surface area contributed by atoms with Crippen molar-refractivity contribution in [2.75, 3.05) is 39.1 Å². The lowest BCUT2D eigenvalue weighted by molar-refractivity contribution is 0.202. The number of benzene rings is 2. The number of urea groups is 1. The van der Waals surface area contributed by atoms with E-state index in [1.807, 2.05) is 50.2 Å². The van der Waals surface area contributed by atoms with Gasteiger partial charge in [0, 0.05) is 40.3 Å². The second-order valence-electron chi connectivity index (χ2n) is 7.47. The molecule has 0 spiro atoms. The van der Waals surface area contributed by atoms with Gasteiger partial charge in [-0.15, -0.1) is 0 Å². The highest BCUT2D eigenvalue weighted by atomic mass is 35.5. The molecule has 7 nitrogen and oxygen atoms in total. The monoisotopic (exact) mass is 442 g/mol. The lowest BCUT2D eigenvalue weighted by Crippen LogP contribution is -2.40. The van der Waals surface area contributed by atoms with Gasteiger partial charge in [0.2, 0.25) is 0 Å². The normalized spacial score (nSPS) is 11.0. The fraction of sp³-hybridized carbons (Fsp3) is 0.304. The fourth-order valence-electron chi connectivity index (χ4n) is 3.12. The first-order chi connectivity index (χ1) is 14.9. The molecular weight excluding hydrogens is 416 g/mol. The van der Waals surface area contributed by atoms with Crippen LogP contribution in [0, 0.1) is 0 Å². The first-order valence-electron chi connectivity index (χ1n) is 10.1. The van der Waals surface area contributed by atoms with E-state index in [1.54, 1.807) is 29.2 Å². The molecule has 0 aliphatic carbocycles. The second kappa shape index (κ2) is 10.3. The van der Waals surface area contributed by atoms with Crippen molar-refractivity contribution in [1.82, 2.24) is 14.8 Å². The van der Waals surface area contributed by atoms with Gasteiger partial charge in [-0.1, -0.05) is 11.6 Å². The van der Waals surface area contributed by atoms with Gasteiger partial charge < -0.3 is 24.8 Å². The number of hydrogen-bond donors (Lipinski definition) is 2. The number of nitrogens with one attached hydrogen (secondary N) is 2. The van der Waals surface area contributed by atoms with Gasteiger partial charge >= 0.3 is 6.03 Å². The Labute approximate surface area is 186 Å². The number of fused-ring (bicyclic) bond motifs is 1. The number of rotatable bonds is 8. The number of aromatic amines is 1. The quantitative estimate of drug-likeness (QED) is 0.548. The van der Waals surface area contributed by atoms with Crippen molar-refractivity contribution in [2.45, 2.75) is 13.5 Å². The Kier molecular flexibility index (Phi) is 7.55. The van der Waals surface area contributed by atoms with Crippen LogP contribution in [-0.2, 0) is 6.54 Å². The first-order valence-corrected chi connectivity index (χ1v) is 10.5. The summed E-state index contributed by atoms with van der Waals surface area (Å²) >= 11 is 5.92. The molecule has 0 saturated heterocycles. The molecule has 3 rings (SSSR count). The van der Waals surface area contributed by atoms with Crippen LogP contribution in [0.4, 0.5) is 10.5 Å². The zero-order chi connectivity index (χ0) is 22.4. The van der Waals surface area contributed by atoms with Crippen LogP contribution in [-0.4, -0.2) is 54.6 Å². The van der Waals surface area contributed by atoms with Crippen LogP contribution in [0.1, 0.15) is 12.5 Å². The maximum Gasteiger partial charge on any atom is 0.322 e. The van der Waals surface area contributed by atoms with Gasteiger partial charge in [0.15, 0.2) is 0 Å². The molecule has 0 atom stereocenters. The predicted molar refractivity (Wildman–Crippen MR) is 125 cm³/mol. The van der Waals surface area contributed by atoms with Gasteiger partial charge in [0.25, 0.3) is 5.56 Å². The van der Waals surface area contributed by atoms with E-state index in [-0.39, 0.29) is 18.1 Å². The number of H-pyrrole nitrogens is 1. The highest BCUT2D eigenvalue weighted by Gasteiger charge is 2.17. The van der Waals surface area contributed by atoms with Crippen molar-refractivity contribution < 1.29 is 9.53 Å². The van der Waals surface area contributed by atoms with Crippen LogP contribution in [0.25, 0.3) is 10.9 Å². The summed E-state index contributed by atoms with van der Waals surface area (Å²) in [6.07, 6.45) is 0. The summed E-state index contributed by atoms with van der Waals surface area (Å²) in [4.78, 5) is 32.1. The number of carbonyl (C=O) groups excluding carboxylic acids is 1. The van der Waals surface area contributed by atoms with Gasteiger partial charge in [-0.05, 0) is 69.6 Å². The highest BCUT2D eigenvalue weighted by molar-refractivity contribution is 6.30. The summed E-state index contributed by atoms with van der Waals surface area (Å²) in [6.45, 7) is 3.78. The standard InChI is InChI=1S/C23H27ClN4O3/c1-4-31-20-9-10-21-16(14-20)13-17(22(29)26-21)15-28(12-11-27(2)3)23(30)25-19-7-5-18(24)6-8-19/h5-10,13-14H,4,11-12,15H2,1-3H3,(H,25,30)(H,26,29). The topological polar surface area (TPSA) is 77.7 Å². The predicted octanol–water partition coefficient (Wildman–Crippen LogP) is 4.18. The van der Waals surface area contributed by atoms with Crippen molar-refractivity contribution in [3.63, 3.8) is 0 Å². The van der Waals surface area contributed by atoms with Gasteiger partial charge in [0.05, 0.1) is 13.2 Å². The maximum atomic E-state index is 13.0.